The highest BCUT2D eigenvalue weighted by Crippen LogP contribution is 2.26. The number of nitrogens with zero attached hydrogens (tertiary/aromatic N) is 1. The van der Waals surface area contributed by atoms with Gasteiger partial charge in [-0.3, -0.25) is 4.79 Å². The Labute approximate surface area is 130 Å². The topological polar surface area (TPSA) is 69.6 Å². The minimum absolute atomic E-state index is 0.0553. The van der Waals surface area contributed by atoms with E-state index in [-0.39, 0.29) is 12.6 Å². The molecule has 0 radical (unpaired) electrons. The van der Waals surface area contributed by atoms with Crippen molar-refractivity contribution in [2.45, 2.75) is 31.7 Å². The molecule has 0 saturated heterocycles. The third kappa shape index (κ3) is 4.17. The van der Waals surface area contributed by atoms with Crippen LogP contribution in [0.3, 0.4) is 0 Å². The fourth-order valence-electron chi connectivity index (χ4n) is 2.51. The van der Waals surface area contributed by atoms with Gasteiger partial charge in [0.05, 0.1) is 5.69 Å². The Morgan fingerprint density at radius 3 is 2.62 bits per heavy atom. The SMILES string of the molecule is O=C(O)CN(C(=O)Nc1ccc(F)cc1Br)C1CCCC1. The van der Waals surface area contributed by atoms with Crippen molar-refractivity contribution in [2.24, 2.45) is 0 Å². The second kappa shape index (κ2) is 6.89. The zero-order valence-electron chi connectivity index (χ0n) is 11.3. The molecular weight excluding hydrogens is 343 g/mol. The van der Waals surface area contributed by atoms with Gasteiger partial charge in [0.1, 0.15) is 12.4 Å². The molecule has 0 heterocycles. The molecule has 114 valence electrons. The van der Waals surface area contributed by atoms with Gasteiger partial charge in [0.25, 0.3) is 0 Å². The fraction of sp³-hybridized carbons (Fsp3) is 0.429. The van der Waals surface area contributed by atoms with Crippen LogP contribution in [0.15, 0.2) is 22.7 Å². The summed E-state index contributed by atoms with van der Waals surface area (Å²) in [5.74, 6) is -1.46. The molecule has 0 unspecified atom stereocenters. The maximum absolute atomic E-state index is 13.0. The number of amides is 2. The van der Waals surface area contributed by atoms with Crippen LogP contribution in [0.1, 0.15) is 25.7 Å². The zero-order valence-corrected chi connectivity index (χ0v) is 12.9. The third-order valence-corrected chi connectivity index (χ3v) is 4.16. The molecule has 0 spiro atoms. The molecule has 1 aromatic carbocycles. The quantitative estimate of drug-likeness (QED) is 0.865. The predicted molar refractivity (Wildman–Crippen MR) is 79.7 cm³/mol. The number of halogens is 2. The largest absolute Gasteiger partial charge is 0.480 e. The first-order valence-electron chi connectivity index (χ1n) is 6.72. The normalized spacial score (nSPS) is 15.0. The molecule has 1 aliphatic carbocycles. The van der Waals surface area contributed by atoms with Crippen LogP contribution >= 0.6 is 15.9 Å². The summed E-state index contributed by atoms with van der Waals surface area (Å²) in [4.78, 5) is 24.6. The number of carbonyl (C=O) groups excluding carboxylic acids is 1. The molecule has 1 aliphatic rings. The molecule has 2 rings (SSSR count). The van der Waals surface area contributed by atoms with Crippen molar-refractivity contribution in [3.05, 3.63) is 28.5 Å². The Balaban J connectivity index is 2.11. The van der Waals surface area contributed by atoms with E-state index in [1.165, 1.54) is 23.1 Å². The zero-order chi connectivity index (χ0) is 15.4. The van der Waals surface area contributed by atoms with Crippen LogP contribution in [0, 0.1) is 5.82 Å². The van der Waals surface area contributed by atoms with Crippen molar-refractivity contribution in [1.82, 2.24) is 4.90 Å². The van der Waals surface area contributed by atoms with Gasteiger partial charge in [-0.1, -0.05) is 12.8 Å². The van der Waals surface area contributed by atoms with Gasteiger partial charge in [0.2, 0.25) is 0 Å². The Hall–Kier alpha value is -1.63. The van der Waals surface area contributed by atoms with Crippen molar-refractivity contribution in [2.75, 3.05) is 11.9 Å². The molecule has 0 atom stereocenters. The second-order valence-corrected chi connectivity index (χ2v) is 5.87. The van der Waals surface area contributed by atoms with Crippen LogP contribution in [0.25, 0.3) is 0 Å². The number of nitrogens with one attached hydrogen (secondary N) is 1. The second-order valence-electron chi connectivity index (χ2n) is 5.01. The molecule has 7 heteroatoms. The number of carboxylic acids is 1. The summed E-state index contributed by atoms with van der Waals surface area (Å²) >= 11 is 3.17. The average molecular weight is 359 g/mol. The number of benzene rings is 1. The van der Waals surface area contributed by atoms with Crippen molar-refractivity contribution in [1.29, 1.82) is 0 Å². The Morgan fingerprint density at radius 2 is 2.05 bits per heavy atom. The van der Waals surface area contributed by atoms with Gasteiger partial charge in [0, 0.05) is 10.5 Å². The predicted octanol–water partition coefficient (Wildman–Crippen LogP) is 3.45. The van der Waals surface area contributed by atoms with Crippen LogP contribution in [0.4, 0.5) is 14.9 Å². The number of hydrogen-bond acceptors (Lipinski definition) is 2. The van der Waals surface area contributed by atoms with Gasteiger partial charge in [0.15, 0.2) is 0 Å². The number of aliphatic carboxylic acids is 1. The van der Waals surface area contributed by atoms with E-state index >= 15 is 0 Å². The van der Waals surface area contributed by atoms with Crippen LogP contribution in [-0.4, -0.2) is 34.6 Å². The van der Waals surface area contributed by atoms with E-state index in [1.807, 2.05) is 0 Å². The van der Waals surface area contributed by atoms with Gasteiger partial charge in [-0.25, -0.2) is 9.18 Å². The van der Waals surface area contributed by atoms with Crippen LogP contribution in [-0.2, 0) is 4.79 Å². The Kier molecular flexibility index (Phi) is 5.17. The lowest BCUT2D eigenvalue weighted by Crippen LogP contribution is -2.44. The summed E-state index contributed by atoms with van der Waals surface area (Å²) in [5.41, 5.74) is 0.412. The van der Waals surface area contributed by atoms with Crippen molar-refractivity contribution in [3.8, 4) is 0 Å². The monoisotopic (exact) mass is 358 g/mol. The highest BCUT2D eigenvalue weighted by molar-refractivity contribution is 9.10. The van der Waals surface area contributed by atoms with Gasteiger partial charge in [-0.2, -0.15) is 0 Å². The molecule has 1 fully saturated rings. The number of carbonyl (C=O) groups is 2. The molecular formula is C14H16BrFN2O3. The van der Waals surface area contributed by atoms with Gasteiger partial charge in [-0.05, 0) is 47.0 Å². The molecule has 5 nitrogen and oxygen atoms in total. The number of carboxylic acid groups (broad SMARTS) is 1. The standard InChI is InChI=1S/C14H16BrFN2O3/c15-11-7-9(16)5-6-12(11)17-14(21)18(8-13(19)20)10-3-1-2-4-10/h5-7,10H,1-4,8H2,(H,17,21)(H,19,20). The maximum atomic E-state index is 13.0. The molecule has 21 heavy (non-hydrogen) atoms. The molecule has 0 bridgehead atoms. The average Bonchev–Trinajstić information content (AvgIpc) is 2.92. The highest BCUT2D eigenvalue weighted by Gasteiger charge is 2.28. The summed E-state index contributed by atoms with van der Waals surface area (Å²) < 4.78 is 13.4. The van der Waals surface area contributed by atoms with Crippen LogP contribution in [0.2, 0.25) is 0 Å². The van der Waals surface area contributed by atoms with E-state index in [0.29, 0.717) is 10.2 Å². The number of hydrogen-bond donors (Lipinski definition) is 2. The lowest BCUT2D eigenvalue weighted by atomic mass is 10.2. The van der Waals surface area contributed by atoms with Gasteiger partial charge in [-0.15, -0.1) is 0 Å². The van der Waals surface area contributed by atoms with E-state index in [9.17, 15) is 14.0 Å². The fourth-order valence-corrected chi connectivity index (χ4v) is 2.96. The Bertz CT molecular complexity index is 547. The van der Waals surface area contributed by atoms with Crippen LogP contribution in [0.5, 0.6) is 0 Å². The molecule has 2 amide bonds. The summed E-state index contributed by atoms with van der Waals surface area (Å²) in [6.07, 6.45) is 3.61. The number of rotatable bonds is 4. The lowest BCUT2D eigenvalue weighted by molar-refractivity contribution is -0.138. The third-order valence-electron chi connectivity index (χ3n) is 3.50. The number of urea groups is 1. The molecule has 1 aromatic rings. The molecule has 0 aromatic heterocycles. The van der Waals surface area contributed by atoms with E-state index in [1.54, 1.807) is 0 Å². The summed E-state index contributed by atoms with van der Waals surface area (Å²) in [5, 5.41) is 11.6. The van der Waals surface area contributed by atoms with E-state index in [4.69, 9.17) is 5.11 Å². The first-order valence-corrected chi connectivity index (χ1v) is 7.51. The van der Waals surface area contributed by atoms with Gasteiger partial charge >= 0.3 is 12.0 Å². The van der Waals surface area contributed by atoms with Crippen molar-refractivity contribution >= 4 is 33.6 Å². The van der Waals surface area contributed by atoms with Gasteiger partial charge < -0.3 is 15.3 Å². The Morgan fingerprint density at radius 1 is 1.38 bits per heavy atom. The molecule has 1 saturated carbocycles. The lowest BCUT2D eigenvalue weighted by Gasteiger charge is -2.27. The smallest absolute Gasteiger partial charge is 0.323 e. The minimum Gasteiger partial charge on any atom is -0.480 e. The summed E-state index contributed by atoms with van der Waals surface area (Å²) in [6, 6.07) is 3.38. The molecule has 0 aliphatic heterocycles. The van der Waals surface area contributed by atoms with Crippen molar-refractivity contribution in [3.63, 3.8) is 0 Å². The first-order chi connectivity index (χ1) is 9.97. The van der Waals surface area contributed by atoms with Crippen LogP contribution < -0.4 is 5.32 Å². The van der Waals surface area contributed by atoms with Crippen molar-refractivity contribution < 1.29 is 19.1 Å². The maximum Gasteiger partial charge on any atom is 0.323 e. The first kappa shape index (κ1) is 15.8. The van der Waals surface area contributed by atoms with E-state index in [0.717, 1.165) is 25.7 Å². The van der Waals surface area contributed by atoms with E-state index in [2.05, 4.69) is 21.2 Å². The van der Waals surface area contributed by atoms with E-state index < -0.39 is 17.8 Å². The molecule has 2 N–H and O–H groups in total. The summed E-state index contributed by atoms with van der Waals surface area (Å²) in [7, 11) is 0. The minimum atomic E-state index is -1.05. The number of anilines is 1. The highest BCUT2D eigenvalue weighted by atomic mass is 79.9. The summed E-state index contributed by atoms with van der Waals surface area (Å²) in [6.45, 7) is -0.338.